The standard InChI is InChI=1S/C9H10N4O/c1-14-8(9-10-12-13-11-9)7-5-3-2-4-6-7/h2-6,8H,1H3,(H,10,11,12,13). The molecule has 1 N–H and O–H groups in total. The van der Waals surface area contributed by atoms with Crippen LogP contribution in [0.1, 0.15) is 17.5 Å². The molecule has 1 aromatic heterocycles. The lowest BCUT2D eigenvalue weighted by Gasteiger charge is -2.10. The topological polar surface area (TPSA) is 63.7 Å². The molecule has 1 aromatic carbocycles. The second-order valence-electron chi connectivity index (χ2n) is 2.80. The zero-order chi connectivity index (χ0) is 9.80. The van der Waals surface area contributed by atoms with E-state index in [-0.39, 0.29) is 6.10 Å². The Kier molecular flexibility index (Phi) is 2.51. The van der Waals surface area contributed by atoms with E-state index < -0.39 is 0 Å². The molecule has 0 amide bonds. The Bertz CT molecular complexity index is 373. The van der Waals surface area contributed by atoms with E-state index in [0.29, 0.717) is 5.82 Å². The van der Waals surface area contributed by atoms with Crippen LogP contribution in [0.25, 0.3) is 0 Å². The highest BCUT2D eigenvalue weighted by Gasteiger charge is 2.16. The maximum Gasteiger partial charge on any atom is 0.207 e. The van der Waals surface area contributed by atoms with Crippen molar-refractivity contribution >= 4 is 0 Å². The number of hydrogen-bond donors (Lipinski definition) is 1. The summed E-state index contributed by atoms with van der Waals surface area (Å²) >= 11 is 0. The van der Waals surface area contributed by atoms with Gasteiger partial charge in [0.15, 0.2) is 0 Å². The average molecular weight is 190 g/mol. The highest BCUT2D eigenvalue weighted by molar-refractivity contribution is 5.22. The molecule has 1 heterocycles. The maximum atomic E-state index is 5.30. The predicted molar refractivity (Wildman–Crippen MR) is 49.5 cm³/mol. The minimum atomic E-state index is -0.255. The molecule has 5 nitrogen and oxygen atoms in total. The largest absolute Gasteiger partial charge is 0.369 e. The summed E-state index contributed by atoms with van der Waals surface area (Å²) in [6.07, 6.45) is -0.255. The van der Waals surface area contributed by atoms with Gasteiger partial charge >= 0.3 is 0 Å². The molecule has 0 saturated carbocycles. The molecule has 72 valence electrons. The minimum Gasteiger partial charge on any atom is -0.369 e. The highest BCUT2D eigenvalue weighted by Crippen LogP contribution is 2.20. The van der Waals surface area contributed by atoms with Crippen LogP contribution in [-0.2, 0) is 4.74 Å². The lowest BCUT2D eigenvalue weighted by Crippen LogP contribution is -2.05. The Labute approximate surface area is 81.1 Å². The van der Waals surface area contributed by atoms with E-state index in [1.54, 1.807) is 7.11 Å². The first-order chi connectivity index (χ1) is 6.92. The minimum absolute atomic E-state index is 0.255. The summed E-state index contributed by atoms with van der Waals surface area (Å²) in [5, 5.41) is 13.7. The molecule has 0 bridgehead atoms. The van der Waals surface area contributed by atoms with Gasteiger partial charge in [0.2, 0.25) is 5.82 Å². The Morgan fingerprint density at radius 2 is 2.07 bits per heavy atom. The first kappa shape index (κ1) is 8.83. The van der Waals surface area contributed by atoms with Gasteiger partial charge in [-0.1, -0.05) is 35.5 Å². The van der Waals surface area contributed by atoms with Crippen molar-refractivity contribution in [2.45, 2.75) is 6.10 Å². The number of nitrogens with one attached hydrogen (secondary N) is 1. The SMILES string of the molecule is COC(c1ccccc1)c1nn[nH]n1. The van der Waals surface area contributed by atoms with Gasteiger partial charge < -0.3 is 4.74 Å². The van der Waals surface area contributed by atoms with Crippen molar-refractivity contribution in [2.75, 3.05) is 7.11 Å². The van der Waals surface area contributed by atoms with Gasteiger partial charge in [-0.2, -0.15) is 5.21 Å². The lowest BCUT2D eigenvalue weighted by atomic mass is 10.1. The number of tetrazole rings is 1. The smallest absolute Gasteiger partial charge is 0.207 e. The molecule has 0 aliphatic rings. The van der Waals surface area contributed by atoms with Crippen LogP contribution < -0.4 is 0 Å². The van der Waals surface area contributed by atoms with Crippen molar-refractivity contribution in [3.05, 3.63) is 41.7 Å². The van der Waals surface area contributed by atoms with Gasteiger partial charge in [0.25, 0.3) is 0 Å². The molecule has 14 heavy (non-hydrogen) atoms. The van der Waals surface area contributed by atoms with Gasteiger partial charge in [0, 0.05) is 7.11 Å². The Morgan fingerprint density at radius 1 is 1.29 bits per heavy atom. The van der Waals surface area contributed by atoms with Gasteiger partial charge in [-0.25, -0.2) is 0 Å². The summed E-state index contributed by atoms with van der Waals surface area (Å²) in [7, 11) is 1.62. The number of aromatic nitrogens is 4. The third kappa shape index (κ3) is 1.62. The van der Waals surface area contributed by atoms with E-state index in [2.05, 4.69) is 20.6 Å². The summed E-state index contributed by atoms with van der Waals surface area (Å²) in [6, 6.07) is 9.77. The molecule has 0 fully saturated rings. The number of aromatic amines is 1. The summed E-state index contributed by atoms with van der Waals surface area (Å²) in [5.41, 5.74) is 1.01. The Hall–Kier alpha value is -1.75. The monoisotopic (exact) mass is 190 g/mol. The van der Waals surface area contributed by atoms with Crippen molar-refractivity contribution in [1.29, 1.82) is 0 Å². The first-order valence-corrected chi connectivity index (χ1v) is 4.23. The van der Waals surface area contributed by atoms with E-state index in [4.69, 9.17) is 4.74 Å². The number of ether oxygens (including phenoxy) is 1. The van der Waals surface area contributed by atoms with Crippen LogP contribution in [0.2, 0.25) is 0 Å². The molecular formula is C9H10N4O. The maximum absolute atomic E-state index is 5.30. The summed E-state index contributed by atoms with van der Waals surface area (Å²) in [6.45, 7) is 0. The van der Waals surface area contributed by atoms with Crippen LogP contribution in [0.4, 0.5) is 0 Å². The molecule has 0 aliphatic carbocycles. The van der Waals surface area contributed by atoms with Crippen LogP contribution in [0.15, 0.2) is 30.3 Å². The number of H-pyrrole nitrogens is 1. The van der Waals surface area contributed by atoms with Crippen LogP contribution in [0.3, 0.4) is 0 Å². The van der Waals surface area contributed by atoms with E-state index in [1.807, 2.05) is 30.3 Å². The van der Waals surface area contributed by atoms with Crippen LogP contribution in [0.5, 0.6) is 0 Å². The van der Waals surface area contributed by atoms with Gasteiger partial charge in [0.1, 0.15) is 6.10 Å². The van der Waals surface area contributed by atoms with E-state index in [1.165, 1.54) is 0 Å². The third-order valence-electron chi connectivity index (χ3n) is 1.93. The number of hydrogen-bond acceptors (Lipinski definition) is 4. The first-order valence-electron chi connectivity index (χ1n) is 4.23. The molecule has 0 radical (unpaired) electrons. The predicted octanol–water partition coefficient (Wildman–Crippen LogP) is 0.935. The third-order valence-corrected chi connectivity index (χ3v) is 1.93. The highest BCUT2D eigenvalue weighted by atomic mass is 16.5. The number of nitrogens with zero attached hydrogens (tertiary/aromatic N) is 3. The summed E-state index contributed by atoms with van der Waals surface area (Å²) in [4.78, 5) is 0. The van der Waals surface area contributed by atoms with Crippen LogP contribution in [0, 0.1) is 0 Å². The number of methoxy groups -OCH3 is 1. The molecule has 1 unspecified atom stereocenters. The van der Waals surface area contributed by atoms with Crippen molar-refractivity contribution < 1.29 is 4.74 Å². The van der Waals surface area contributed by atoms with E-state index in [9.17, 15) is 0 Å². The van der Waals surface area contributed by atoms with Gasteiger partial charge in [0.05, 0.1) is 0 Å². The molecule has 5 heteroatoms. The van der Waals surface area contributed by atoms with Crippen molar-refractivity contribution in [3.63, 3.8) is 0 Å². The lowest BCUT2D eigenvalue weighted by molar-refractivity contribution is 0.129. The molecule has 2 rings (SSSR count). The fourth-order valence-electron chi connectivity index (χ4n) is 1.30. The summed E-state index contributed by atoms with van der Waals surface area (Å²) in [5.74, 6) is 0.540. The second-order valence-corrected chi connectivity index (χ2v) is 2.80. The van der Waals surface area contributed by atoms with Crippen molar-refractivity contribution in [1.82, 2.24) is 20.6 Å². The number of benzene rings is 1. The number of rotatable bonds is 3. The van der Waals surface area contributed by atoms with Crippen molar-refractivity contribution in [2.24, 2.45) is 0 Å². The van der Waals surface area contributed by atoms with Crippen LogP contribution >= 0.6 is 0 Å². The zero-order valence-corrected chi connectivity index (χ0v) is 7.71. The summed E-state index contributed by atoms with van der Waals surface area (Å²) < 4.78 is 5.30. The molecular weight excluding hydrogens is 180 g/mol. The molecule has 2 aromatic rings. The fourth-order valence-corrected chi connectivity index (χ4v) is 1.30. The van der Waals surface area contributed by atoms with E-state index in [0.717, 1.165) is 5.56 Å². The fraction of sp³-hybridized carbons (Fsp3) is 0.222. The molecule has 0 aliphatic heterocycles. The zero-order valence-electron chi connectivity index (χ0n) is 7.71. The molecule has 0 spiro atoms. The van der Waals surface area contributed by atoms with Gasteiger partial charge in [-0.3, -0.25) is 0 Å². The molecule has 0 saturated heterocycles. The Morgan fingerprint density at radius 3 is 2.64 bits per heavy atom. The van der Waals surface area contributed by atoms with Gasteiger partial charge in [-0.05, 0) is 5.56 Å². The molecule has 1 atom stereocenters. The average Bonchev–Trinajstić information content (AvgIpc) is 2.74. The van der Waals surface area contributed by atoms with Gasteiger partial charge in [-0.15, -0.1) is 10.2 Å². The normalized spacial score (nSPS) is 12.6. The van der Waals surface area contributed by atoms with E-state index >= 15 is 0 Å². The quantitative estimate of drug-likeness (QED) is 0.782. The van der Waals surface area contributed by atoms with Crippen molar-refractivity contribution in [3.8, 4) is 0 Å². The van der Waals surface area contributed by atoms with Crippen LogP contribution in [-0.4, -0.2) is 27.7 Å². The Balaban J connectivity index is 2.31. The second kappa shape index (κ2) is 3.97.